The Bertz CT molecular complexity index is 594. The number of rotatable bonds is 3. The van der Waals surface area contributed by atoms with Gasteiger partial charge in [0.15, 0.2) is 6.10 Å². The zero-order valence-corrected chi connectivity index (χ0v) is 14.3. The molecule has 0 aliphatic carbocycles. The first-order valence-electron chi connectivity index (χ1n) is 7.83. The fraction of sp³-hybridized carbons (Fsp3) is 0.529. The lowest BCUT2D eigenvalue weighted by Gasteiger charge is -2.40. The Hall–Kier alpha value is -1.75. The number of likely N-dealkylation sites (tertiary alicyclic amines) is 1. The van der Waals surface area contributed by atoms with Crippen molar-refractivity contribution < 1.29 is 19.4 Å². The first-order valence-corrected chi connectivity index (χ1v) is 8.20. The van der Waals surface area contributed by atoms with Crippen LogP contribution < -0.4 is 0 Å². The van der Waals surface area contributed by atoms with E-state index in [9.17, 15) is 14.7 Å². The minimum atomic E-state index is -0.902. The molecule has 1 aliphatic heterocycles. The highest BCUT2D eigenvalue weighted by molar-refractivity contribution is 6.30. The summed E-state index contributed by atoms with van der Waals surface area (Å²) in [6.07, 6.45) is 2.10. The topological polar surface area (TPSA) is 66.8 Å². The second-order valence-electron chi connectivity index (χ2n) is 6.08. The number of ether oxygens (including phenoxy) is 1. The molecule has 0 saturated carbocycles. The summed E-state index contributed by atoms with van der Waals surface area (Å²) < 4.78 is 5.24. The number of esters is 1. The van der Waals surface area contributed by atoms with Crippen LogP contribution in [0.5, 0.6) is 5.75 Å². The van der Waals surface area contributed by atoms with Crippen molar-refractivity contribution in [1.82, 2.24) is 4.90 Å². The molecular formula is C17H22ClNO4. The third-order valence-electron chi connectivity index (χ3n) is 4.26. The number of phenols is 1. The van der Waals surface area contributed by atoms with Crippen LogP contribution in [-0.2, 0) is 9.53 Å². The van der Waals surface area contributed by atoms with Gasteiger partial charge in [0.2, 0.25) is 0 Å². The van der Waals surface area contributed by atoms with E-state index >= 15 is 0 Å². The van der Waals surface area contributed by atoms with Crippen molar-refractivity contribution in [3.8, 4) is 5.75 Å². The van der Waals surface area contributed by atoms with Gasteiger partial charge in [0.1, 0.15) is 11.3 Å². The van der Waals surface area contributed by atoms with E-state index in [4.69, 9.17) is 16.3 Å². The van der Waals surface area contributed by atoms with E-state index < -0.39 is 12.1 Å². The molecule has 1 heterocycles. The standard InChI is InChI=1S/C17H22ClNO4/c1-10-5-4-6-11(2)19(10)16(21)12(3)23-17(22)14-8-7-13(18)9-15(14)20/h7-12,20H,4-6H2,1-3H3/t10-,11+,12-/m1/s1. The SMILES string of the molecule is C[C@@H]1CCC[C@H](C)N1C(=O)[C@@H](C)OC(=O)c1ccc(Cl)cc1O. The molecule has 0 unspecified atom stereocenters. The minimum Gasteiger partial charge on any atom is -0.507 e. The van der Waals surface area contributed by atoms with E-state index in [0.717, 1.165) is 19.3 Å². The molecule has 126 valence electrons. The lowest BCUT2D eigenvalue weighted by atomic mass is 9.97. The van der Waals surface area contributed by atoms with Gasteiger partial charge in [0, 0.05) is 17.1 Å². The summed E-state index contributed by atoms with van der Waals surface area (Å²) in [6.45, 7) is 5.57. The number of benzene rings is 1. The second kappa shape index (κ2) is 7.21. The summed E-state index contributed by atoms with van der Waals surface area (Å²) in [7, 11) is 0. The van der Waals surface area contributed by atoms with Crippen LogP contribution in [0.25, 0.3) is 0 Å². The zero-order valence-electron chi connectivity index (χ0n) is 13.6. The normalized spacial score (nSPS) is 22.5. The fourth-order valence-electron chi connectivity index (χ4n) is 3.02. The molecule has 1 amide bonds. The average Bonchev–Trinajstić information content (AvgIpc) is 2.46. The summed E-state index contributed by atoms with van der Waals surface area (Å²) in [5.41, 5.74) is -0.00575. The Morgan fingerprint density at radius 3 is 2.48 bits per heavy atom. The van der Waals surface area contributed by atoms with Gasteiger partial charge in [-0.15, -0.1) is 0 Å². The number of carbonyl (C=O) groups excluding carboxylic acids is 2. The van der Waals surface area contributed by atoms with Gasteiger partial charge in [-0.05, 0) is 58.2 Å². The summed E-state index contributed by atoms with van der Waals surface area (Å²) >= 11 is 5.74. The molecule has 1 aromatic carbocycles. The van der Waals surface area contributed by atoms with Crippen LogP contribution >= 0.6 is 11.6 Å². The summed E-state index contributed by atoms with van der Waals surface area (Å²) in [6, 6.07) is 4.40. The third-order valence-corrected chi connectivity index (χ3v) is 4.49. The van der Waals surface area contributed by atoms with Crippen molar-refractivity contribution in [2.45, 2.75) is 58.2 Å². The molecule has 5 nitrogen and oxygen atoms in total. The summed E-state index contributed by atoms with van der Waals surface area (Å²) in [4.78, 5) is 26.5. The van der Waals surface area contributed by atoms with Gasteiger partial charge >= 0.3 is 5.97 Å². The maximum Gasteiger partial charge on any atom is 0.342 e. The van der Waals surface area contributed by atoms with Crippen LogP contribution in [-0.4, -0.2) is 40.1 Å². The predicted molar refractivity (Wildman–Crippen MR) is 87.6 cm³/mol. The van der Waals surface area contributed by atoms with Crippen molar-refractivity contribution in [2.24, 2.45) is 0 Å². The molecule has 1 N–H and O–H groups in total. The molecule has 1 fully saturated rings. The van der Waals surface area contributed by atoms with Crippen molar-refractivity contribution >= 4 is 23.5 Å². The molecular weight excluding hydrogens is 318 g/mol. The van der Waals surface area contributed by atoms with E-state index in [1.54, 1.807) is 11.8 Å². The largest absolute Gasteiger partial charge is 0.507 e. The summed E-state index contributed by atoms with van der Waals surface area (Å²) in [5.74, 6) is -1.20. The highest BCUT2D eigenvalue weighted by Gasteiger charge is 2.33. The van der Waals surface area contributed by atoms with Gasteiger partial charge in [-0.2, -0.15) is 0 Å². The van der Waals surface area contributed by atoms with Crippen LogP contribution in [0.1, 0.15) is 50.4 Å². The quantitative estimate of drug-likeness (QED) is 0.857. The first kappa shape index (κ1) is 17.6. The average molecular weight is 340 g/mol. The molecule has 0 spiro atoms. The molecule has 6 heteroatoms. The van der Waals surface area contributed by atoms with Crippen molar-refractivity contribution in [2.75, 3.05) is 0 Å². The molecule has 2 rings (SSSR count). The molecule has 1 aromatic rings. The maximum atomic E-state index is 12.6. The van der Waals surface area contributed by atoms with E-state index in [0.29, 0.717) is 5.02 Å². The molecule has 1 saturated heterocycles. The monoisotopic (exact) mass is 339 g/mol. The highest BCUT2D eigenvalue weighted by Crippen LogP contribution is 2.25. The van der Waals surface area contributed by atoms with E-state index in [1.165, 1.54) is 18.2 Å². The number of nitrogens with zero attached hydrogens (tertiary/aromatic N) is 1. The van der Waals surface area contributed by atoms with E-state index in [2.05, 4.69) is 0 Å². The van der Waals surface area contributed by atoms with Gasteiger partial charge in [0.25, 0.3) is 5.91 Å². The number of halogens is 1. The molecule has 0 bridgehead atoms. The van der Waals surface area contributed by atoms with Crippen LogP contribution in [0.3, 0.4) is 0 Å². The number of phenolic OH excluding ortho intramolecular Hbond substituents is 1. The number of aromatic hydroxyl groups is 1. The lowest BCUT2D eigenvalue weighted by Crippen LogP contribution is -2.51. The van der Waals surface area contributed by atoms with E-state index in [-0.39, 0.29) is 29.3 Å². The van der Waals surface area contributed by atoms with Crippen LogP contribution in [0.4, 0.5) is 0 Å². The highest BCUT2D eigenvalue weighted by atomic mass is 35.5. The molecule has 1 aliphatic rings. The molecule has 3 atom stereocenters. The number of piperidine rings is 1. The Labute approximate surface area is 141 Å². The van der Waals surface area contributed by atoms with E-state index in [1.807, 2.05) is 13.8 Å². The predicted octanol–water partition coefficient (Wildman–Crippen LogP) is 3.38. The number of hydrogen-bond donors (Lipinski definition) is 1. The van der Waals surface area contributed by atoms with Gasteiger partial charge in [-0.25, -0.2) is 4.79 Å². The zero-order chi connectivity index (χ0) is 17.1. The van der Waals surface area contributed by atoms with Gasteiger partial charge in [-0.3, -0.25) is 4.79 Å². The number of carbonyl (C=O) groups is 2. The van der Waals surface area contributed by atoms with Gasteiger partial charge in [-0.1, -0.05) is 11.6 Å². The van der Waals surface area contributed by atoms with Gasteiger partial charge < -0.3 is 14.7 Å². The fourth-order valence-corrected chi connectivity index (χ4v) is 3.18. The van der Waals surface area contributed by atoms with Crippen LogP contribution in [0.15, 0.2) is 18.2 Å². The first-order chi connectivity index (χ1) is 10.8. The van der Waals surface area contributed by atoms with Gasteiger partial charge in [0.05, 0.1) is 0 Å². The van der Waals surface area contributed by atoms with Crippen LogP contribution in [0.2, 0.25) is 5.02 Å². The lowest BCUT2D eigenvalue weighted by molar-refractivity contribution is -0.146. The number of hydrogen-bond acceptors (Lipinski definition) is 4. The third kappa shape index (κ3) is 3.96. The smallest absolute Gasteiger partial charge is 0.342 e. The second-order valence-corrected chi connectivity index (χ2v) is 6.52. The Balaban J connectivity index is 2.06. The summed E-state index contributed by atoms with van der Waals surface area (Å²) in [5, 5.41) is 10.1. The van der Waals surface area contributed by atoms with Crippen molar-refractivity contribution in [1.29, 1.82) is 0 Å². The van der Waals surface area contributed by atoms with Crippen molar-refractivity contribution in [3.63, 3.8) is 0 Å². The molecule has 0 radical (unpaired) electrons. The Morgan fingerprint density at radius 2 is 1.91 bits per heavy atom. The molecule has 23 heavy (non-hydrogen) atoms. The van der Waals surface area contributed by atoms with Crippen LogP contribution in [0, 0.1) is 0 Å². The Kier molecular flexibility index (Phi) is 5.52. The van der Waals surface area contributed by atoms with Crippen molar-refractivity contribution in [3.05, 3.63) is 28.8 Å². The minimum absolute atomic E-state index is 0.00575. The number of amides is 1. The Morgan fingerprint density at radius 1 is 1.30 bits per heavy atom. The molecule has 0 aromatic heterocycles. The maximum absolute atomic E-state index is 12.6.